The van der Waals surface area contributed by atoms with Crippen molar-refractivity contribution in [1.82, 2.24) is 10.2 Å². The molecule has 132 valence electrons. The largest absolute Gasteiger partial charge is 0.496 e. The predicted molar refractivity (Wildman–Crippen MR) is 103 cm³/mol. The molecule has 4 aliphatic heterocycles. The summed E-state index contributed by atoms with van der Waals surface area (Å²) >= 11 is 3.59. The highest BCUT2D eigenvalue weighted by Crippen LogP contribution is 2.40. The number of amidine groups is 1. The van der Waals surface area contributed by atoms with Crippen molar-refractivity contribution < 1.29 is 9.53 Å². The third-order valence-electron chi connectivity index (χ3n) is 5.06. The Hall–Kier alpha value is -2.54. The van der Waals surface area contributed by atoms with Crippen molar-refractivity contribution in [2.45, 2.75) is 6.42 Å². The Morgan fingerprint density at radius 1 is 1.15 bits per heavy atom. The molecule has 0 unspecified atom stereocenters. The van der Waals surface area contributed by atoms with Gasteiger partial charge in [0.2, 0.25) is 0 Å². The summed E-state index contributed by atoms with van der Waals surface area (Å²) in [6.07, 6.45) is 4.63. The van der Waals surface area contributed by atoms with Gasteiger partial charge in [0.05, 0.1) is 16.4 Å². The van der Waals surface area contributed by atoms with Crippen LogP contribution in [0.1, 0.15) is 12.0 Å². The van der Waals surface area contributed by atoms with E-state index >= 15 is 0 Å². The molecule has 1 N–H and O–H groups in total. The summed E-state index contributed by atoms with van der Waals surface area (Å²) in [7, 11) is 0. The van der Waals surface area contributed by atoms with E-state index in [9.17, 15) is 4.79 Å². The zero-order chi connectivity index (χ0) is 17.7. The fourth-order valence-corrected chi connectivity index (χ4v) is 4.23. The van der Waals surface area contributed by atoms with Crippen molar-refractivity contribution in [2.24, 2.45) is 4.99 Å². The summed E-state index contributed by atoms with van der Waals surface area (Å²) in [6.45, 7) is 2.92. The van der Waals surface area contributed by atoms with Crippen LogP contribution in [0.15, 0.2) is 63.0 Å². The van der Waals surface area contributed by atoms with Gasteiger partial charge in [-0.05, 0) is 52.2 Å². The van der Waals surface area contributed by atoms with Crippen LogP contribution < -0.4 is 10.2 Å². The molecule has 1 fully saturated rings. The number of urea groups is 1. The van der Waals surface area contributed by atoms with Crippen LogP contribution in [0.5, 0.6) is 0 Å². The number of aliphatic imine (C=N–C) groups is 1. The van der Waals surface area contributed by atoms with E-state index in [2.05, 4.69) is 26.1 Å². The molecule has 4 heterocycles. The zero-order valence-corrected chi connectivity index (χ0v) is 15.6. The van der Waals surface area contributed by atoms with E-state index in [0.29, 0.717) is 19.7 Å². The summed E-state index contributed by atoms with van der Waals surface area (Å²) in [5.74, 6) is 0.943. The molecule has 2 amide bonds. The van der Waals surface area contributed by atoms with Gasteiger partial charge in [0.15, 0.2) is 0 Å². The Kier molecular flexibility index (Phi) is 3.63. The van der Waals surface area contributed by atoms with E-state index in [1.807, 2.05) is 30.5 Å². The number of allylic oxidation sites excluding steroid dienone is 1. The van der Waals surface area contributed by atoms with Gasteiger partial charge < -0.3 is 15.0 Å². The lowest BCUT2D eigenvalue weighted by molar-refractivity contribution is 0.252. The van der Waals surface area contributed by atoms with E-state index in [0.717, 1.165) is 40.1 Å². The second-order valence-electron chi connectivity index (χ2n) is 6.56. The first-order valence-electron chi connectivity index (χ1n) is 8.64. The number of halogens is 1. The summed E-state index contributed by atoms with van der Waals surface area (Å²) in [6, 6.07) is 8.01. The number of benzene rings is 1. The average Bonchev–Trinajstić information content (AvgIpc) is 3.24. The maximum Gasteiger partial charge on any atom is 0.321 e. The quantitative estimate of drug-likeness (QED) is 0.811. The van der Waals surface area contributed by atoms with Gasteiger partial charge in [-0.2, -0.15) is 0 Å². The second-order valence-corrected chi connectivity index (χ2v) is 7.41. The Morgan fingerprint density at radius 3 is 2.77 bits per heavy atom. The summed E-state index contributed by atoms with van der Waals surface area (Å²) in [5.41, 5.74) is 5.54. The molecule has 1 aromatic rings. The molecular weight excluding hydrogens is 396 g/mol. The van der Waals surface area contributed by atoms with Crippen molar-refractivity contribution >= 4 is 33.5 Å². The molecule has 0 radical (unpaired) electrons. The van der Waals surface area contributed by atoms with Crippen LogP contribution in [0, 0.1) is 0 Å². The number of ether oxygens (including phenoxy) is 1. The monoisotopic (exact) mass is 412 g/mol. The van der Waals surface area contributed by atoms with Gasteiger partial charge in [-0.3, -0.25) is 4.90 Å². The van der Waals surface area contributed by atoms with Gasteiger partial charge in [0.25, 0.3) is 0 Å². The first-order valence-corrected chi connectivity index (χ1v) is 9.43. The molecule has 0 aromatic heterocycles. The number of anilines is 1. The third-order valence-corrected chi connectivity index (χ3v) is 5.68. The molecule has 7 heteroatoms. The third kappa shape index (κ3) is 2.38. The van der Waals surface area contributed by atoms with Crippen LogP contribution in [-0.2, 0) is 4.74 Å². The first-order chi connectivity index (χ1) is 12.7. The van der Waals surface area contributed by atoms with Crippen LogP contribution in [-0.4, -0.2) is 43.0 Å². The number of amides is 2. The molecule has 4 aliphatic rings. The minimum absolute atomic E-state index is 0.0373. The average molecular weight is 413 g/mol. The van der Waals surface area contributed by atoms with E-state index in [1.54, 1.807) is 11.2 Å². The van der Waals surface area contributed by atoms with Crippen molar-refractivity contribution in [3.8, 4) is 0 Å². The van der Waals surface area contributed by atoms with Crippen LogP contribution >= 0.6 is 15.9 Å². The lowest BCUT2D eigenvalue weighted by Crippen LogP contribution is -2.32. The first kappa shape index (κ1) is 15.7. The molecule has 0 saturated carbocycles. The number of rotatable bonds is 2. The molecule has 26 heavy (non-hydrogen) atoms. The Balaban J connectivity index is 1.50. The minimum atomic E-state index is -0.0373. The number of carbonyl (C=O) groups excluding carboxylic acids is 1. The Morgan fingerprint density at radius 2 is 2.00 bits per heavy atom. The highest BCUT2D eigenvalue weighted by atomic mass is 79.9. The number of nitrogens with one attached hydrogen (secondary N) is 1. The van der Waals surface area contributed by atoms with Crippen LogP contribution in [0.3, 0.4) is 0 Å². The lowest BCUT2D eigenvalue weighted by Gasteiger charge is -2.28. The summed E-state index contributed by atoms with van der Waals surface area (Å²) < 4.78 is 6.55. The molecule has 0 atom stereocenters. The summed E-state index contributed by atoms with van der Waals surface area (Å²) in [4.78, 5) is 20.6. The standard InChI is InChI=1S/C19H17BrN4O2/c20-16-11-26-10-13-5-7-24-17(13)15(16)9-22-18(24)12-1-3-14(4-2-12)23-8-6-21-19(23)25/h1-4,9,11H,5-8,10H2,(H,21,25). The topological polar surface area (TPSA) is 57.2 Å². The number of hydrogen-bond acceptors (Lipinski definition) is 4. The SMILES string of the molecule is O=C1NCCN1c1ccc(C2=NC=C3C(Br)=COCC4=C3N2CC4)cc1. The van der Waals surface area contributed by atoms with E-state index in [1.165, 1.54) is 11.3 Å². The molecule has 0 bridgehead atoms. The van der Waals surface area contributed by atoms with Gasteiger partial charge in [0.1, 0.15) is 12.4 Å². The van der Waals surface area contributed by atoms with Gasteiger partial charge in [-0.25, -0.2) is 9.79 Å². The smallest absolute Gasteiger partial charge is 0.321 e. The number of hydrogen-bond donors (Lipinski definition) is 1. The highest BCUT2D eigenvalue weighted by Gasteiger charge is 2.34. The van der Waals surface area contributed by atoms with Gasteiger partial charge >= 0.3 is 6.03 Å². The second kappa shape index (κ2) is 6.02. The molecule has 1 aromatic carbocycles. The number of nitrogens with zero attached hydrogens (tertiary/aromatic N) is 3. The van der Waals surface area contributed by atoms with Crippen molar-refractivity contribution in [1.29, 1.82) is 0 Å². The van der Waals surface area contributed by atoms with E-state index in [4.69, 9.17) is 9.73 Å². The molecule has 0 spiro atoms. The Labute approximate surface area is 159 Å². The summed E-state index contributed by atoms with van der Waals surface area (Å²) in [5, 5.41) is 2.83. The van der Waals surface area contributed by atoms with Gasteiger partial charge in [-0.15, -0.1) is 0 Å². The molecule has 0 aliphatic carbocycles. The van der Waals surface area contributed by atoms with Crippen molar-refractivity contribution in [3.63, 3.8) is 0 Å². The fourth-order valence-electron chi connectivity index (χ4n) is 3.81. The van der Waals surface area contributed by atoms with Crippen LogP contribution in [0.4, 0.5) is 10.5 Å². The molecule has 5 rings (SSSR count). The fraction of sp³-hybridized carbons (Fsp3) is 0.263. The van der Waals surface area contributed by atoms with Gasteiger partial charge in [0, 0.05) is 42.7 Å². The predicted octanol–water partition coefficient (Wildman–Crippen LogP) is 3.09. The molecular formula is C19H17BrN4O2. The highest BCUT2D eigenvalue weighted by molar-refractivity contribution is 9.12. The normalized spacial score (nSPS) is 21.6. The maximum atomic E-state index is 11.8. The van der Waals surface area contributed by atoms with Gasteiger partial charge in [-0.1, -0.05) is 0 Å². The Bertz CT molecular complexity index is 914. The minimum Gasteiger partial charge on any atom is -0.496 e. The maximum absolute atomic E-state index is 11.8. The molecule has 6 nitrogen and oxygen atoms in total. The lowest BCUT2D eigenvalue weighted by atomic mass is 10.1. The van der Waals surface area contributed by atoms with Crippen LogP contribution in [0.25, 0.3) is 0 Å². The molecule has 1 saturated heterocycles. The van der Waals surface area contributed by atoms with Crippen LogP contribution in [0.2, 0.25) is 0 Å². The van der Waals surface area contributed by atoms with E-state index in [-0.39, 0.29) is 6.03 Å². The van der Waals surface area contributed by atoms with Crippen molar-refractivity contribution in [3.05, 3.63) is 63.6 Å². The van der Waals surface area contributed by atoms with E-state index < -0.39 is 0 Å². The number of carbonyl (C=O) groups is 1. The zero-order valence-electron chi connectivity index (χ0n) is 14.0. The van der Waals surface area contributed by atoms with Crippen molar-refractivity contribution in [2.75, 3.05) is 31.1 Å².